The number of nitrogens with one attached hydrogen (secondary N) is 1. The first-order valence-corrected chi connectivity index (χ1v) is 8.88. The number of hydrogen-bond donors (Lipinski definition) is 1. The lowest BCUT2D eigenvalue weighted by atomic mass is 10.1. The highest BCUT2D eigenvalue weighted by Gasteiger charge is 2.41. The number of methoxy groups -OCH3 is 1. The van der Waals surface area contributed by atoms with E-state index in [1.165, 1.54) is 6.20 Å². The SMILES string of the molecule is COCCNC(=O)[C@@H]1C[C@H](Oc2ccccc2)CN1C(=O)c1cccnc1. The Hall–Kier alpha value is -2.93. The van der Waals surface area contributed by atoms with Crippen molar-refractivity contribution < 1.29 is 19.1 Å². The zero-order chi connectivity index (χ0) is 19.1. The Labute approximate surface area is 158 Å². The molecule has 7 heteroatoms. The number of rotatable bonds is 7. The Balaban J connectivity index is 1.74. The molecule has 0 unspecified atom stereocenters. The van der Waals surface area contributed by atoms with Gasteiger partial charge < -0.3 is 19.7 Å². The monoisotopic (exact) mass is 369 g/mol. The molecule has 3 rings (SSSR count). The Kier molecular flexibility index (Phi) is 6.38. The van der Waals surface area contributed by atoms with Crippen molar-refractivity contribution in [1.82, 2.24) is 15.2 Å². The number of carbonyl (C=O) groups is 2. The second-order valence-electron chi connectivity index (χ2n) is 6.29. The van der Waals surface area contributed by atoms with Crippen molar-refractivity contribution in [3.05, 3.63) is 60.4 Å². The third-order valence-electron chi connectivity index (χ3n) is 4.39. The van der Waals surface area contributed by atoms with E-state index >= 15 is 0 Å². The zero-order valence-electron chi connectivity index (χ0n) is 15.2. The lowest BCUT2D eigenvalue weighted by Crippen LogP contribution is -2.46. The molecule has 2 atom stereocenters. The van der Waals surface area contributed by atoms with Crippen molar-refractivity contribution in [2.24, 2.45) is 0 Å². The van der Waals surface area contributed by atoms with Crippen molar-refractivity contribution >= 4 is 11.8 Å². The summed E-state index contributed by atoms with van der Waals surface area (Å²) in [4.78, 5) is 31.1. The lowest BCUT2D eigenvalue weighted by Gasteiger charge is -2.23. The van der Waals surface area contributed by atoms with Crippen LogP contribution >= 0.6 is 0 Å². The topological polar surface area (TPSA) is 80.8 Å². The van der Waals surface area contributed by atoms with Gasteiger partial charge >= 0.3 is 0 Å². The summed E-state index contributed by atoms with van der Waals surface area (Å²) in [5.41, 5.74) is 0.451. The average molecular weight is 369 g/mol. The molecule has 1 fully saturated rings. The summed E-state index contributed by atoms with van der Waals surface area (Å²) in [6.07, 6.45) is 3.29. The van der Waals surface area contributed by atoms with Gasteiger partial charge in [0, 0.05) is 32.5 Å². The summed E-state index contributed by atoms with van der Waals surface area (Å²) in [5.74, 6) is 0.286. The second kappa shape index (κ2) is 9.14. The molecule has 1 N–H and O–H groups in total. The molecule has 142 valence electrons. The van der Waals surface area contributed by atoms with E-state index in [0.29, 0.717) is 31.7 Å². The number of carbonyl (C=O) groups excluding carboxylic acids is 2. The molecule has 2 aromatic rings. The van der Waals surface area contributed by atoms with Crippen LogP contribution in [-0.2, 0) is 9.53 Å². The van der Waals surface area contributed by atoms with E-state index in [9.17, 15) is 9.59 Å². The fourth-order valence-corrected chi connectivity index (χ4v) is 3.10. The third kappa shape index (κ3) is 4.83. The summed E-state index contributed by atoms with van der Waals surface area (Å²) in [6, 6.07) is 12.2. The van der Waals surface area contributed by atoms with Gasteiger partial charge in [-0.05, 0) is 24.3 Å². The van der Waals surface area contributed by atoms with E-state index < -0.39 is 6.04 Å². The van der Waals surface area contributed by atoms with Crippen molar-refractivity contribution in [1.29, 1.82) is 0 Å². The molecule has 1 aromatic heterocycles. The van der Waals surface area contributed by atoms with E-state index in [4.69, 9.17) is 9.47 Å². The van der Waals surface area contributed by atoms with E-state index in [1.54, 1.807) is 30.3 Å². The van der Waals surface area contributed by atoms with Crippen molar-refractivity contribution in [2.75, 3.05) is 26.8 Å². The zero-order valence-corrected chi connectivity index (χ0v) is 15.2. The van der Waals surface area contributed by atoms with Crippen LogP contribution in [0, 0.1) is 0 Å². The summed E-state index contributed by atoms with van der Waals surface area (Å²) < 4.78 is 11.0. The lowest BCUT2D eigenvalue weighted by molar-refractivity contribution is -0.125. The van der Waals surface area contributed by atoms with Gasteiger partial charge in [0.1, 0.15) is 17.9 Å². The number of para-hydroxylation sites is 1. The van der Waals surface area contributed by atoms with Crippen LogP contribution in [0.1, 0.15) is 16.8 Å². The molecule has 2 amide bonds. The minimum Gasteiger partial charge on any atom is -0.488 e. The maximum Gasteiger partial charge on any atom is 0.256 e. The van der Waals surface area contributed by atoms with E-state index in [0.717, 1.165) is 5.75 Å². The first-order valence-electron chi connectivity index (χ1n) is 8.88. The highest BCUT2D eigenvalue weighted by atomic mass is 16.5. The number of pyridine rings is 1. The smallest absolute Gasteiger partial charge is 0.256 e. The molecule has 1 saturated heterocycles. The van der Waals surface area contributed by atoms with Crippen molar-refractivity contribution in [3.63, 3.8) is 0 Å². The fraction of sp³-hybridized carbons (Fsp3) is 0.350. The third-order valence-corrected chi connectivity index (χ3v) is 4.39. The Morgan fingerprint density at radius 2 is 2.04 bits per heavy atom. The standard InChI is InChI=1S/C20H23N3O4/c1-26-11-10-22-19(24)18-12-17(27-16-7-3-2-4-8-16)14-23(18)20(25)15-6-5-9-21-13-15/h2-9,13,17-18H,10-12,14H2,1H3,(H,22,24)/t17-,18-/m0/s1. The van der Waals surface area contributed by atoms with Gasteiger partial charge in [-0.25, -0.2) is 0 Å². The van der Waals surface area contributed by atoms with Gasteiger partial charge in [0.05, 0.1) is 18.7 Å². The summed E-state index contributed by atoms with van der Waals surface area (Å²) in [7, 11) is 1.57. The van der Waals surface area contributed by atoms with Gasteiger partial charge in [-0.15, -0.1) is 0 Å². The van der Waals surface area contributed by atoms with Crippen molar-refractivity contribution in [2.45, 2.75) is 18.6 Å². The first kappa shape index (κ1) is 18.8. The molecule has 0 saturated carbocycles. The normalized spacial score (nSPS) is 18.9. The number of hydrogen-bond acceptors (Lipinski definition) is 5. The highest BCUT2D eigenvalue weighted by Crippen LogP contribution is 2.25. The summed E-state index contributed by atoms with van der Waals surface area (Å²) in [5, 5.41) is 2.82. The van der Waals surface area contributed by atoms with E-state index in [2.05, 4.69) is 10.3 Å². The first-order chi connectivity index (χ1) is 13.2. The molecule has 1 aromatic carbocycles. The van der Waals surface area contributed by atoms with Gasteiger partial charge in [0.15, 0.2) is 0 Å². The van der Waals surface area contributed by atoms with Gasteiger partial charge in [-0.2, -0.15) is 0 Å². The molecule has 27 heavy (non-hydrogen) atoms. The van der Waals surface area contributed by atoms with Gasteiger partial charge in [-0.1, -0.05) is 18.2 Å². The van der Waals surface area contributed by atoms with Gasteiger partial charge in [0.2, 0.25) is 5.91 Å². The van der Waals surface area contributed by atoms with Crippen LogP contribution in [-0.4, -0.2) is 60.7 Å². The predicted molar refractivity (Wildman–Crippen MR) is 99.4 cm³/mol. The van der Waals surface area contributed by atoms with E-state index in [1.807, 2.05) is 30.3 Å². The number of ether oxygens (including phenoxy) is 2. The van der Waals surface area contributed by atoms with E-state index in [-0.39, 0.29) is 17.9 Å². The number of likely N-dealkylation sites (tertiary alicyclic amines) is 1. The number of benzene rings is 1. The number of nitrogens with zero attached hydrogens (tertiary/aromatic N) is 2. The second-order valence-corrected chi connectivity index (χ2v) is 6.29. The van der Waals surface area contributed by atoms with Gasteiger partial charge in [-0.3, -0.25) is 14.6 Å². The molecule has 2 heterocycles. The van der Waals surface area contributed by atoms with Crippen LogP contribution in [0.3, 0.4) is 0 Å². The number of amides is 2. The van der Waals surface area contributed by atoms with Gasteiger partial charge in [0.25, 0.3) is 5.91 Å². The Morgan fingerprint density at radius 1 is 1.22 bits per heavy atom. The minimum atomic E-state index is -0.594. The maximum absolute atomic E-state index is 12.9. The van der Waals surface area contributed by atoms with Crippen LogP contribution in [0.2, 0.25) is 0 Å². The highest BCUT2D eigenvalue weighted by molar-refractivity contribution is 5.97. The molecule has 0 spiro atoms. The van der Waals surface area contributed by atoms with Crippen LogP contribution in [0.25, 0.3) is 0 Å². The summed E-state index contributed by atoms with van der Waals surface area (Å²) in [6.45, 7) is 1.15. The molecular formula is C20H23N3O4. The molecule has 7 nitrogen and oxygen atoms in total. The average Bonchev–Trinajstić information content (AvgIpc) is 3.13. The van der Waals surface area contributed by atoms with Crippen LogP contribution in [0.5, 0.6) is 5.75 Å². The Morgan fingerprint density at radius 3 is 2.74 bits per heavy atom. The quantitative estimate of drug-likeness (QED) is 0.748. The summed E-state index contributed by atoms with van der Waals surface area (Å²) >= 11 is 0. The fourth-order valence-electron chi connectivity index (χ4n) is 3.10. The largest absolute Gasteiger partial charge is 0.488 e. The van der Waals surface area contributed by atoms with Crippen LogP contribution in [0.15, 0.2) is 54.9 Å². The van der Waals surface area contributed by atoms with Crippen molar-refractivity contribution in [3.8, 4) is 5.75 Å². The van der Waals surface area contributed by atoms with Crippen LogP contribution in [0.4, 0.5) is 0 Å². The molecule has 0 radical (unpaired) electrons. The molecule has 1 aliphatic rings. The van der Waals surface area contributed by atoms with Crippen LogP contribution < -0.4 is 10.1 Å². The maximum atomic E-state index is 12.9. The molecule has 0 bridgehead atoms. The molecular weight excluding hydrogens is 346 g/mol. The predicted octanol–water partition coefficient (Wildman–Crippen LogP) is 1.51. The molecule has 1 aliphatic heterocycles. The number of aromatic nitrogens is 1. The minimum absolute atomic E-state index is 0.205. The molecule has 0 aliphatic carbocycles. The Bertz CT molecular complexity index is 754.